The van der Waals surface area contributed by atoms with Crippen LogP contribution in [-0.4, -0.2) is 39.0 Å². The van der Waals surface area contributed by atoms with Crippen molar-refractivity contribution in [1.82, 2.24) is 19.9 Å². The van der Waals surface area contributed by atoms with E-state index in [1.165, 1.54) is 5.56 Å². The first-order chi connectivity index (χ1) is 11.2. The topological polar surface area (TPSA) is 60.0 Å². The van der Waals surface area contributed by atoms with Crippen molar-refractivity contribution in [3.05, 3.63) is 46.7 Å². The Morgan fingerprint density at radius 1 is 1.26 bits per heavy atom. The van der Waals surface area contributed by atoms with Crippen molar-refractivity contribution in [2.75, 3.05) is 13.1 Å². The summed E-state index contributed by atoms with van der Waals surface area (Å²) in [5.41, 5.74) is 8.19. The Hall–Kier alpha value is -1.43. The lowest BCUT2D eigenvalue weighted by Gasteiger charge is -2.29. The van der Waals surface area contributed by atoms with E-state index < -0.39 is 0 Å². The van der Waals surface area contributed by atoms with Crippen LogP contribution in [0.4, 0.5) is 0 Å². The lowest BCUT2D eigenvalue weighted by atomic mass is 10.0. The van der Waals surface area contributed by atoms with Gasteiger partial charge in [-0.2, -0.15) is 0 Å². The number of nitrogens with two attached hydrogens (primary N) is 1. The molecule has 0 amide bonds. The van der Waals surface area contributed by atoms with Crippen molar-refractivity contribution in [3.8, 4) is 0 Å². The Bertz CT molecular complexity index is 616. The number of nitrogens with zero attached hydrogens (tertiary/aromatic N) is 4. The summed E-state index contributed by atoms with van der Waals surface area (Å²) >= 11 is 5.98. The second-order valence-electron chi connectivity index (χ2n) is 6.28. The molecule has 1 unspecified atom stereocenters. The highest BCUT2D eigenvalue weighted by Gasteiger charge is 2.18. The Balaban J connectivity index is 1.68. The minimum Gasteiger partial charge on any atom is -0.328 e. The monoisotopic (exact) mass is 333 g/mol. The lowest BCUT2D eigenvalue weighted by molar-refractivity contribution is 0.203. The van der Waals surface area contributed by atoms with E-state index in [9.17, 15) is 0 Å². The number of hydrogen-bond donors (Lipinski definition) is 1. The van der Waals surface area contributed by atoms with Crippen molar-refractivity contribution in [2.45, 2.75) is 44.8 Å². The van der Waals surface area contributed by atoms with Gasteiger partial charge in [-0.05, 0) is 37.0 Å². The highest BCUT2D eigenvalue weighted by Crippen LogP contribution is 2.23. The number of benzene rings is 1. The minimum atomic E-state index is 0.197. The standard InChI is InChI=1S/C17H24ClN5/c1-2-17(13-3-5-14(18)6-4-13)23-12-16(20-21-23)11-22-9-7-15(19)8-10-22/h3-6,12,15,17H,2,7-11,19H2,1H3. The second kappa shape index (κ2) is 7.43. The summed E-state index contributed by atoms with van der Waals surface area (Å²) in [6.07, 6.45) is 5.16. The molecule has 3 rings (SSSR count). The van der Waals surface area contributed by atoms with E-state index in [0.717, 1.165) is 49.6 Å². The molecule has 0 spiro atoms. The fourth-order valence-corrected chi connectivity index (χ4v) is 3.26. The first-order valence-electron chi connectivity index (χ1n) is 8.30. The quantitative estimate of drug-likeness (QED) is 0.914. The second-order valence-corrected chi connectivity index (χ2v) is 6.72. The van der Waals surface area contributed by atoms with Crippen LogP contribution in [0.25, 0.3) is 0 Å². The molecule has 1 aliphatic heterocycles. The summed E-state index contributed by atoms with van der Waals surface area (Å²) in [5.74, 6) is 0. The van der Waals surface area contributed by atoms with Gasteiger partial charge < -0.3 is 5.73 Å². The molecule has 1 aromatic heterocycles. The van der Waals surface area contributed by atoms with Crippen LogP contribution in [0, 0.1) is 0 Å². The first-order valence-corrected chi connectivity index (χ1v) is 8.67. The molecule has 2 heterocycles. The molecule has 5 nitrogen and oxygen atoms in total. The smallest absolute Gasteiger partial charge is 0.0967 e. The Morgan fingerprint density at radius 3 is 2.61 bits per heavy atom. The average Bonchev–Trinajstić information content (AvgIpc) is 3.00. The van der Waals surface area contributed by atoms with E-state index in [2.05, 4.69) is 40.5 Å². The van der Waals surface area contributed by atoms with E-state index in [1.807, 2.05) is 16.8 Å². The van der Waals surface area contributed by atoms with Gasteiger partial charge in [0.1, 0.15) is 0 Å². The Morgan fingerprint density at radius 2 is 1.96 bits per heavy atom. The third kappa shape index (κ3) is 4.10. The van der Waals surface area contributed by atoms with E-state index in [0.29, 0.717) is 6.04 Å². The van der Waals surface area contributed by atoms with Crippen LogP contribution in [-0.2, 0) is 6.54 Å². The summed E-state index contributed by atoms with van der Waals surface area (Å²) in [6.45, 7) is 5.10. The van der Waals surface area contributed by atoms with Gasteiger partial charge in [0, 0.05) is 30.7 Å². The van der Waals surface area contributed by atoms with Gasteiger partial charge in [-0.1, -0.05) is 35.9 Å². The molecule has 1 aromatic carbocycles. The number of likely N-dealkylation sites (tertiary alicyclic amines) is 1. The molecule has 1 saturated heterocycles. The third-order valence-electron chi connectivity index (χ3n) is 4.54. The predicted molar refractivity (Wildman–Crippen MR) is 92.4 cm³/mol. The Kier molecular flexibility index (Phi) is 5.30. The van der Waals surface area contributed by atoms with Crippen molar-refractivity contribution >= 4 is 11.6 Å². The molecular weight excluding hydrogens is 310 g/mol. The summed E-state index contributed by atoms with van der Waals surface area (Å²) in [7, 11) is 0. The minimum absolute atomic E-state index is 0.197. The van der Waals surface area contributed by atoms with Crippen LogP contribution in [0.15, 0.2) is 30.5 Å². The van der Waals surface area contributed by atoms with Crippen LogP contribution in [0.5, 0.6) is 0 Å². The van der Waals surface area contributed by atoms with Crippen LogP contribution >= 0.6 is 11.6 Å². The van der Waals surface area contributed by atoms with Crippen LogP contribution in [0.1, 0.15) is 43.5 Å². The number of halogens is 1. The zero-order chi connectivity index (χ0) is 16.2. The molecule has 0 bridgehead atoms. The fourth-order valence-electron chi connectivity index (χ4n) is 3.14. The highest BCUT2D eigenvalue weighted by atomic mass is 35.5. The van der Waals surface area contributed by atoms with Gasteiger partial charge in [-0.25, -0.2) is 4.68 Å². The summed E-state index contributed by atoms with van der Waals surface area (Å²) in [4.78, 5) is 2.40. The molecule has 124 valence electrons. The van der Waals surface area contributed by atoms with Crippen LogP contribution in [0.3, 0.4) is 0 Å². The van der Waals surface area contributed by atoms with Crippen molar-refractivity contribution in [1.29, 1.82) is 0 Å². The van der Waals surface area contributed by atoms with E-state index in [4.69, 9.17) is 17.3 Å². The van der Waals surface area contributed by atoms with Gasteiger partial charge in [0.2, 0.25) is 0 Å². The van der Waals surface area contributed by atoms with Gasteiger partial charge in [0.05, 0.1) is 17.9 Å². The largest absolute Gasteiger partial charge is 0.328 e. The van der Waals surface area contributed by atoms with E-state index in [-0.39, 0.29) is 6.04 Å². The van der Waals surface area contributed by atoms with Crippen molar-refractivity contribution in [2.24, 2.45) is 5.73 Å². The molecular formula is C17H24ClN5. The van der Waals surface area contributed by atoms with Gasteiger partial charge in [0.25, 0.3) is 0 Å². The molecule has 1 fully saturated rings. The van der Waals surface area contributed by atoms with Crippen LogP contribution < -0.4 is 5.73 Å². The molecule has 6 heteroatoms. The molecule has 2 N–H and O–H groups in total. The molecule has 0 radical (unpaired) electrons. The average molecular weight is 334 g/mol. The van der Waals surface area contributed by atoms with Gasteiger partial charge in [-0.15, -0.1) is 5.10 Å². The van der Waals surface area contributed by atoms with Gasteiger partial charge in [0.15, 0.2) is 0 Å². The van der Waals surface area contributed by atoms with Crippen molar-refractivity contribution in [3.63, 3.8) is 0 Å². The SMILES string of the molecule is CCC(c1ccc(Cl)cc1)n1cc(CN2CCC(N)CC2)nn1. The molecule has 23 heavy (non-hydrogen) atoms. The zero-order valence-corrected chi connectivity index (χ0v) is 14.3. The summed E-state index contributed by atoms with van der Waals surface area (Å²) in [6, 6.07) is 8.52. The number of rotatable bonds is 5. The molecule has 0 saturated carbocycles. The lowest BCUT2D eigenvalue weighted by Crippen LogP contribution is -2.39. The van der Waals surface area contributed by atoms with Gasteiger partial charge >= 0.3 is 0 Å². The van der Waals surface area contributed by atoms with Crippen LogP contribution in [0.2, 0.25) is 5.02 Å². The molecule has 1 aliphatic rings. The maximum Gasteiger partial charge on any atom is 0.0967 e. The van der Waals surface area contributed by atoms with Gasteiger partial charge in [-0.3, -0.25) is 4.90 Å². The number of aromatic nitrogens is 3. The zero-order valence-electron chi connectivity index (χ0n) is 13.5. The predicted octanol–water partition coefficient (Wildman–Crippen LogP) is 2.85. The fraction of sp³-hybridized carbons (Fsp3) is 0.529. The summed E-state index contributed by atoms with van der Waals surface area (Å²) in [5, 5.41) is 9.46. The normalized spacial score (nSPS) is 18.2. The highest BCUT2D eigenvalue weighted by molar-refractivity contribution is 6.30. The first kappa shape index (κ1) is 16.4. The maximum atomic E-state index is 5.98. The Labute approximate surface area is 142 Å². The van der Waals surface area contributed by atoms with E-state index in [1.54, 1.807) is 0 Å². The summed E-state index contributed by atoms with van der Waals surface area (Å²) < 4.78 is 1.97. The number of piperidine rings is 1. The van der Waals surface area contributed by atoms with E-state index >= 15 is 0 Å². The molecule has 0 aliphatic carbocycles. The third-order valence-corrected chi connectivity index (χ3v) is 4.79. The molecule has 1 atom stereocenters. The molecule has 2 aromatic rings. The maximum absolute atomic E-state index is 5.98. The number of hydrogen-bond acceptors (Lipinski definition) is 4. The van der Waals surface area contributed by atoms with Crippen molar-refractivity contribution < 1.29 is 0 Å².